The summed E-state index contributed by atoms with van der Waals surface area (Å²) in [5.74, 6) is 0.507. The van der Waals surface area contributed by atoms with E-state index >= 15 is 0 Å². The first kappa shape index (κ1) is 23.8. The van der Waals surface area contributed by atoms with Gasteiger partial charge in [-0.25, -0.2) is 0 Å². The Bertz CT molecular complexity index is 1350. The molecule has 0 saturated heterocycles. The van der Waals surface area contributed by atoms with Crippen LogP contribution in [0.2, 0.25) is 0 Å². The topological polar surface area (TPSA) is 69.8 Å². The minimum absolute atomic E-state index is 0. The van der Waals surface area contributed by atoms with Crippen molar-refractivity contribution in [3.63, 3.8) is 0 Å². The number of aryl methyl sites for hydroxylation is 1. The Morgan fingerprint density at radius 1 is 1.29 bits per heavy atom. The summed E-state index contributed by atoms with van der Waals surface area (Å²) >= 11 is 4.33. The molecule has 31 heavy (non-hydrogen) atoms. The first-order valence-corrected chi connectivity index (χ1v) is 13.7. The fraction of sp³-hybridized carbons (Fsp3) is 0.261. The molecule has 2 atom stereocenters. The third-order valence-electron chi connectivity index (χ3n) is 5.44. The molecule has 0 aliphatic carbocycles. The summed E-state index contributed by atoms with van der Waals surface area (Å²) in [5.41, 5.74) is 5.12. The number of fused-ring (bicyclic) bond motifs is 3. The Morgan fingerprint density at radius 2 is 2.06 bits per heavy atom. The van der Waals surface area contributed by atoms with Crippen molar-refractivity contribution in [3.05, 3.63) is 64.5 Å². The number of rotatable bonds is 5. The molecule has 5 nitrogen and oxygen atoms in total. The van der Waals surface area contributed by atoms with Gasteiger partial charge < -0.3 is 7.43 Å². The quantitative estimate of drug-likeness (QED) is 0.283. The number of nitriles is 1. The molecule has 0 spiro atoms. The standard InChI is InChI=1S/C22H22N5PS.CH3.V/c1-5-14(2)17-7-8-18-13-24-21-22(25-26-27(21)19(18)11-17)29-28(4)20-9-6-16(12-23)10-15(20)3;;/h6-11,14,26H,5H2,1-4H3;1H3;/q;-1;. The van der Waals surface area contributed by atoms with Gasteiger partial charge in [-0.15, -0.1) is 0 Å². The number of hydrogen-bond acceptors (Lipinski definition) is 4. The van der Waals surface area contributed by atoms with Crippen molar-refractivity contribution < 1.29 is 17.0 Å². The molecule has 2 aromatic heterocycles. The van der Waals surface area contributed by atoms with E-state index in [1.165, 1.54) is 10.9 Å². The van der Waals surface area contributed by atoms with Crippen molar-refractivity contribution in [1.29, 1.82) is 5.26 Å². The van der Waals surface area contributed by atoms with Crippen LogP contribution in [-0.4, -0.2) is 26.5 Å². The van der Waals surface area contributed by atoms with Crippen molar-refractivity contribution in [3.8, 4) is 6.07 Å². The smallest absolute Gasteiger partial charge is 0.358 e. The average Bonchev–Trinajstić information content (AvgIpc) is 3.15. The zero-order valence-corrected chi connectivity index (χ0v) is 21.4. The van der Waals surface area contributed by atoms with Crippen molar-refractivity contribution in [2.45, 2.75) is 38.1 Å². The van der Waals surface area contributed by atoms with Crippen molar-refractivity contribution >= 4 is 40.4 Å². The van der Waals surface area contributed by atoms with Gasteiger partial charge in [-0.3, -0.25) is 0 Å². The zero-order valence-electron chi connectivity index (χ0n) is 18.3. The molecule has 0 amide bonds. The van der Waals surface area contributed by atoms with Crippen LogP contribution in [0.25, 0.3) is 16.6 Å². The SMILES string of the molecule is CCC(C)c1ccc2[c](=[V])nc3c(SP(C)c4ccc(C#N)cc4C)n[nH]n3c2c1.[CH3-]. The van der Waals surface area contributed by atoms with E-state index in [-0.39, 0.29) is 7.43 Å². The molecule has 0 aliphatic rings. The maximum atomic E-state index is 9.12. The molecule has 2 heterocycles. The van der Waals surface area contributed by atoms with Gasteiger partial charge in [0.25, 0.3) is 0 Å². The summed E-state index contributed by atoms with van der Waals surface area (Å²) in [6, 6.07) is 14.7. The molecule has 0 fully saturated rings. The summed E-state index contributed by atoms with van der Waals surface area (Å²) in [6.45, 7) is 8.76. The van der Waals surface area contributed by atoms with Crippen LogP contribution in [0.1, 0.15) is 42.9 Å². The van der Waals surface area contributed by atoms with Crippen LogP contribution in [0.15, 0.2) is 41.4 Å². The van der Waals surface area contributed by atoms with Gasteiger partial charge >= 0.3 is 190 Å². The number of aromatic nitrogens is 4. The zero-order chi connectivity index (χ0) is 21.4. The van der Waals surface area contributed by atoms with E-state index in [1.807, 2.05) is 16.6 Å². The Hall–Kier alpha value is -1.90. The van der Waals surface area contributed by atoms with E-state index in [0.717, 1.165) is 37.6 Å². The normalized spacial score (nSPS) is 13.0. The number of nitrogens with one attached hydrogen (secondary N) is 1. The van der Waals surface area contributed by atoms with E-state index in [2.05, 4.69) is 85.1 Å². The molecule has 4 rings (SSSR count). The van der Waals surface area contributed by atoms with Gasteiger partial charge in [0.1, 0.15) is 0 Å². The fourth-order valence-corrected chi connectivity index (χ4v) is 7.50. The Balaban J connectivity index is 0.00000272. The molecule has 0 aliphatic heterocycles. The third kappa shape index (κ3) is 4.52. The number of benzene rings is 2. The molecule has 0 radical (unpaired) electrons. The minimum atomic E-state index is -0.543. The van der Waals surface area contributed by atoms with Crippen molar-refractivity contribution in [2.24, 2.45) is 0 Å². The second-order valence-electron chi connectivity index (χ2n) is 7.40. The monoisotopic (exact) mass is 485 g/mol. The van der Waals surface area contributed by atoms with Gasteiger partial charge in [0.15, 0.2) is 0 Å². The van der Waals surface area contributed by atoms with Gasteiger partial charge in [0.05, 0.1) is 0 Å². The van der Waals surface area contributed by atoms with Gasteiger partial charge in [0, 0.05) is 0 Å². The Morgan fingerprint density at radius 3 is 2.74 bits per heavy atom. The van der Waals surface area contributed by atoms with Crippen molar-refractivity contribution in [2.75, 3.05) is 6.66 Å². The first-order chi connectivity index (χ1) is 14.4. The summed E-state index contributed by atoms with van der Waals surface area (Å²) in [6.07, 6.45) is 1.10. The summed E-state index contributed by atoms with van der Waals surface area (Å²) in [5, 5.41) is 20.2. The van der Waals surface area contributed by atoms with Crippen LogP contribution in [0, 0.1) is 29.7 Å². The van der Waals surface area contributed by atoms with E-state index in [1.54, 1.807) is 11.4 Å². The van der Waals surface area contributed by atoms with Crippen LogP contribution >= 0.6 is 18.5 Å². The molecular formula is C23H25N5PSV-. The average molecular weight is 485 g/mol. The maximum absolute atomic E-state index is 9.12. The molecule has 2 aromatic carbocycles. The van der Waals surface area contributed by atoms with E-state index in [4.69, 9.17) is 10.2 Å². The molecule has 159 valence electrons. The molecule has 8 heteroatoms. The predicted octanol–water partition coefficient (Wildman–Crippen LogP) is 5.88. The van der Waals surface area contributed by atoms with E-state index in [0.29, 0.717) is 11.5 Å². The van der Waals surface area contributed by atoms with Gasteiger partial charge in [0.2, 0.25) is 0 Å². The van der Waals surface area contributed by atoms with Crippen LogP contribution in [0.3, 0.4) is 0 Å². The van der Waals surface area contributed by atoms with Crippen LogP contribution in [0.5, 0.6) is 0 Å². The minimum Gasteiger partial charge on any atom is -0.358 e. The summed E-state index contributed by atoms with van der Waals surface area (Å²) in [7, 11) is -0.543. The number of hydrogen-bond donors (Lipinski definition) is 1. The van der Waals surface area contributed by atoms with Gasteiger partial charge in [-0.1, -0.05) is 0 Å². The van der Waals surface area contributed by atoms with Crippen LogP contribution in [0.4, 0.5) is 0 Å². The molecule has 2 unspecified atom stereocenters. The number of H-pyrrole nitrogens is 1. The second kappa shape index (κ2) is 9.71. The first-order valence-electron chi connectivity index (χ1n) is 9.78. The summed E-state index contributed by atoms with van der Waals surface area (Å²) in [4.78, 5) is 4.84. The number of aromatic amines is 1. The molecule has 1 N–H and O–H groups in total. The molecule has 0 bridgehead atoms. The summed E-state index contributed by atoms with van der Waals surface area (Å²) < 4.78 is 2.95. The molecular weight excluding hydrogens is 460 g/mol. The van der Waals surface area contributed by atoms with E-state index < -0.39 is 7.12 Å². The van der Waals surface area contributed by atoms with E-state index in [9.17, 15) is 0 Å². The fourth-order valence-electron chi connectivity index (χ4n) is 3.50. The number of nitrogens with zero attached hydrogens (tertiary/aromatic N) is 4. The third-order valence-corrected chi connectivity index (χ3v) is 9.80. The van der Waals surface area contributed by atoms with Crippen LogP contribution in [-0.2, 0) is 17.0 Å². The second-order valence-corrected chi connectivity index (χ2v) is 12.3. The molecule has 4 aromatic rings. The van der Waals surface area contributed by atoms with Gasteiger partial charge in [-0.2, -0.15) is 0 Å². The Kier molecular flexibility index (Phi) is 7.45. The van der Waals surface area contributed by atoms with Crippen LogP contribution < -0.4 is 5.30 Å². The Labute approximate surface area is 197 Å². The van der Waals surface area contributed by atoms with Crippen molar-refractivity contribution in [1.82, 2.24) is 19.8 Å². The maximum Gasteiger partial charge on any atom is -0.358 e. The molecule has 0 saturated carbocycles. The predicted molar refractivity (Wildman–Crippen MR) is 127 cm³/mol. The van der Waals surface area contributed by atoms with Gasteiger partial charge in [-0.05, 0) is 0 Å². The largest absolute Gasteiger partial charge is 0.358 e.